The fourth-order valence-electron chi connectivity index (χ4n) is 11.3. The first-order valence-corrected chi connectivity index (χ1v) is 23.5. The van der Waals surface area contributed by atoms with Gasteiger partial charge in [-0.25, -0.2) is 15.0 Å². The Balaban J connectivity index is 1.08. The lowest BCUT2D eigenvalue weighted by atomic mass is 9.67. The van der Waals surface area contributed by atoms with Crippen molar-refractivity contribution in [3.05, 3.63) is 271 Å². The van der Waals surface area contributed by atoms with Crippen LogP contribution in [0.5, 0.6) is 0 Å². The molecule has 322 valence electrons. The van der Waals surface area contributed by atoms with Gasteiger partial charge in [0.15, 0.2) is 17.5 Å². The molecule has 0 bridgehead atoms. The van der Waals surface area contributed by atoms with Crippen molar-refractivity contribution in [2.75, 3.05) is 0 Å². The zero-order chi connectivity index (χ0) is 45.5. The van der Waals surface area contributed by atoms with Gasteiger partial charge >= 0.3 is 0 Å². The topological polar surface area (TPSA) is 48.5 Å². The average molecular weight is 880 g/mol. The first-order chi connectivity index (χ1) is 34.2. The molecule has 0 amide bonds. The second kappa shape index (κ2) is 15.4. The Bertz CT molecular complexity index is 3900. The van der Waals surface area contributed by atoms with Crippen molar-refractivity contribution < 1.29 is 0 Å². The number of benzene rings is 10. The Kier molecular flexibility index (Phi) is 8.73. The Morgan fingerprint density at radius 1 is 0.275 bits per heavy atom. The van der Waals surface area contributed by atoms with Crippen LogP contribution in [0.1, 0.15) is 22.3 Å². The van der Waals surface area contributed by atoms with Gasteiger partial charge in [0.1, 0.15) is 0 Å². The molecule has 5 nitrogen and oxygen atoms in total. The number of aromatic nitrogens is 5. The number of hydrogen-bond acceptors (Lipinski definition) is 3. The molecular formula is C64H41N5. The fourth-order valence-corrected chi connectivity index (χ4v) is 11.3. The van der Waals surface area contributed by atoms with Crippen LogP contribution in [0.3, 0.4) is 0 Å². The van der Waals surface area contributed by atoms with Crippen LogP contribution in [-0.2, 0) is 5.41 Å². The van der Waals surface area contributed by atoms with Gasteiger partial charge < -0.3 is 9.13 Å². The molecule has 0 saturated heterocycles. The third-order valence-electron chi connectivity index (χ3n) is 14.2. The van der Waals surface area contributed by atoms with E-state index in [0.29, 0.717) is 17.5 Å². The normalized spacial score (nSPS) is 12.8. The van der Waals surface area contributed by atoms with E-state index in [4.69, 9.17) is 15.0 Å². The van der Waals surface area contributed by atoms with Crippen LogP contribution in [0.15, 0.2) is 249 Å². The number of nitrogens with zero attached hydrogens (tertiary/aromatic N) is 5. The van der Waals surface area contributed by atoms with E-state index in [1.54, 1.807) is 0 Å². The van der Waals surface area contributed by atoms with E-state index >= 15 is 0 Å². The van der Waals surface area contributed by atoms with Gasteiger partial charge in [-0.3, -0.25) is 0 Å². The van der Waals surface area contributed by atoms with Gasteiger partial charge in [0.05, 0.1) is 27.5 Å². The van der Waals surface area contributed by atoms with Crippen molar-refractivity contribution in [1.82, 2.24) is 24.1 Å². The first kappa shape index (κ1) is 39.0. The number of para-hydroxylation sites is 4. The molecule has 5 heteroatoms. The minimum Gasteiger partial charge on any atom is -0.309 e. The quantitative estimate of drug-likeness (QED) is 0.160. The molecule has 0 spiro atoms. The summed E-state index contributed by atoms with van der Waals surface area (Å²) < 4.78 is 4.80. The summed E-state index contributed by atoms with van der Waals surface area (Å²) in [5.41, 5.74) is 16.2. The first-order valence-electron chi connectivity index (χ1n) is 23.5. The molecule has 13 aromatic rings. The zero-order valence-corrected chi connectivity index (χ0v) is 37.4. The smallest absolute Gasteiger partial charge is 0.164 e. The highest BCUT2D eigenvalue weighted by molar-refractivity contribution is 6.11. The van der Waals surface area contributed by atoms with Crippen molar-refractivity contribution in [2.24, 2.45) is 0 Å². The van der Waals surface area contributed by atoms with Gasteiger partial charge in [-0.2, -0.15) is 0 Å². The van der Waals surface area contributed by atoms with Crippen molar-refractivity contribution >= 4 is 43.6 Å². The Hall–Kier alpha value is -9.19. The molecule has 14 rings (SSSR count). The third-order valence-corrected chi connectivity index (χ3v) is 14.2. The third kappa shape index (κ3) is 5.94. The van der Waals surface area contributed by atoms with Gasteiger partial charge in [-0.05, 0) is 100 Å². The molecule has 0 radical (unpaired) electrons. The van der Waals surface area contributed by atoms with Gasteiger partial charge in [0.2, 0.25) is 0 Å². The van der Waals surface area contributed by atoms with E-state index in [-0.39, 0.29) is 0 Å². The lowest BCUT2D eigenvalue weighted by molar-refractivity contribution is 0.771. The molecule has 0 saturated carbocycles. The monoisotopic (exact) mass is 879 g/mol. The summed E-state index contributed by atoms with van der Waals surface area (Å²) >= 11 is 0. The SMILES string of the molecule is c1ccc(-c2nc(-c3ccccc3)nc(-c3ccc4c(c3)C(c3ccc5c(c3)c3ccccc3n5-c3ccccc3)(c3ccc5c(c3)c3ccccc3n5-c3ccccc3)c3ccccc3-4)n2)cc1. The molecule has 0 fully saturated rings. The molecule has 0 atom stereocenters. The Morgan fingerprint density at radius 2 is 0.681 bits per heavy atom. The number of rotatable bonds is 7. The Morgan fingerprint density at radius 3 is 1.20 bits per heavy atom. The highest BCUT2D eigenvalue weighted by Crippen LogP contribution is 2.58. The fraction of sp³-hybridized carbons (Fsp3) is 0.0156. The average Bonchev–Trinajstić information content (AvgIpc) is 4.05. The van der Waals surface area contributed by atoms with Crippen LogP contribution >= 0.6 is 0 Å². The minimum atomic E-state index is -0.756. The summed E-state index contributed by atoms with van der Waals surface area (Å²) in [5, 5.41) is 4.82. The van der Waals surface area contributed by atoms with Crippen LogP contribution in [0.2, 0.25) is 0 Å². The molecule has 0 aliphatic heterocycles. The molecular weight excluding hydrogens is 839 g/mol. The van der Waals surface area contributed by atoms with Gasteiger partial charge in [0.25, 0.3) is 0 Å². The summed E-state index contributed by atoms with van der Waals surface area (Å²) in [5.74, 6) is 1.89. The highest BCUT2D eigenvalue weighted by atomic mass is 15.0. The summed E-state index contributed by atoms with van der Waals surface area (Å²) in [6, 6.07) is 89.7. The summed E-state index contributed by atoms with van der Waals surface area (Å²) in [4.78, 5) is 15.6. The maximum absolute atomic E-state index is 5.25. The molecule has 0 N–H and O–H groups in total. The minimum absolute atomic E-state index is 0.623. The maximum Gasteiger partial charge on any atom is 0.164 e. The van der Waals surface area contributed by atoms with Crippen LogP contribution < -0.4 is 0 Å². The van der Waals surface area contributed by atoms with Crippen molar-refractivity contribution in [2.45, 2.75) is 5.41 Å². The van der Waals surface area contributed by atoms with E-state index in [0.717, 1.165) is 39.1 Å². The number of hydrogen-bond donors (Lipinski definition) is 0. The van der Waals surface area contributed by atoms with Crippen molar-refractivity contribution in [1.29, 1.82) is 0 Å². The van der Waals surface area contributed by atoms with Gasteiger partial charge in [-0.15, -0.1) is 0 Å². The van der Waals surface area contributed by atoms with E-state index in [1.807, 2.05) is 36.4 Å². The molecule has 1 aliphatic rings. The lowest BCUT2D eigenvalue weighted by Crippen LogP contribution is -2.28. The maximum atomic E-state index is 5.25. The van der Waals surface area contributed by atoms with Gasteiger partial charge in [-0.1, -0.05) is 182 Å². The molecule has 3 heterocycles. The lowest BCUT2D eigenvalue weighted by Gasteiger charge is -2.34. The van der Waals surface area contributed by atoms with E-state index in [2.05, 4.69) is 221 Å². The predicted octanol–water partition coefficient (Wildman–Crippen LogP) is 15.4. The second-order valence-corrected chi connectivity index (χ2v) is 17.9. The van der Waals surface area contributed by atoms with Crippen molar-refractivity contribution in [3.63, 3.8) is 0 Å². The largest absolute Gasteiger partial charge is 0.309 e. The van der Waals surface area contributed by atoms with Crippen LogP contribution in [-0.4, -0.2) is 24.1 Å². The predicted molar refractivity (Wildman–Crippen MR) is 282 cm³/mol. The van der Waals surface area contributed by atoms with E-state index in [9.17, 15) is 0 Å². The van der Waals surface area contributed by atoms with E-state index in [1.165, 1.54) is 66.0 Å². The van der Waals surface area contributed by atoms with Crippen LogP contribution in [0, 0.1) is 0 Å². The highest BCUT2D eigenvalue weighted by Gasteiger charge is 2.47. The Labute approximate surface area is 398 Å². The van der Waals surface area contributed by atoms with Crippen LogP contribution in [0.25, 0.3) is 100 Å². The number of fused-ring (bicyclic) bond motifs is 9. The van der Waals surface area contributed by atoms with Crippen LogP contribution in [0.4, 0.5) is 0 Å². The van der Waals surface area contributed by atoms with E-state index < -0.39 is 5.41 Å². The zero-order valence-electron chi connectivity index (χ0n) is 37.4. The van der Waals surface area contributed by atoms with Crippen molar-refractivity contribution in [3.8, 4) is 56.7 Å². The summed E-state index contributed by atoms with van der Waals surface area (Å²) in [6.45, 7) is 0. The molecule has 1 aliphatic carbocycles. The molecule has 0 unspecified atom stereocenters. The molecule has 10 aromatic carbocycles. The second-order valence-electron chi connectivity index (χ2n) is 17.9. The summed E-state index contributed by atoms with van der Waals surface area (Å²) in [6.07, 6.45) is 0. The van der Waals surface area contributed by atoms with Gasteiger partial charge in [0, 0.05) is 49.6 Å². The molecule has 69 heavy (non-hydrogen) atoms. The summed E-state index contributed by atoms with van der Waals surface area (Å²) in [7, 11) is 0. The molecule has 3 aromatic heterocycles. The standard InChI is InChI=1S/C64H41N5/c1-5-19-42(20-6-1)61-65-62(43-21-7-2-8-22-43)67-63(66-61)44-33-36-50-49-27-13-16-30-55(49)64(56(50)39-44,45-34-37-59-53(40-45)51-28-14-17-31-57(51)68(59)47-23-9-3-10-24-47)46-35-38-60-54(41-46)52-29-15-18-32-58(52)69(60)48-25-11-4-12-26-48/h1-41H.